The number of rotatable bonds is 6. The molecule has 0 unspecified atom stereocenters. The standard InChI is InChI=1S/C20H19N3O4/c1-13-5-6-15(11-16(13)23-20(25)17-4-3-9-27-17)19(24)22-12-14-7-8-21-18(10-14)26-2/h3-11H,12H2,1-2H3,(H,22,24)(H,23,25). The van der Waals surface area contributed by atoms with E-state index in [1.807, 2.05) is 6.92 Å². The molecule has 138 valence electrons. The Labute approximate surface area is 156 Å². The molecule has 2 heterocycles. The number of aromatic nitrogens is 1. The van der Waals surface area contributed by atoms with Crippen LogP contribution >= 0.6 is 0 Å². The Morgan fingerprint density at radius 2 is 2.00 bits per heavy atom. The van der Waals surface area contributed by atoms with Gasteiger partial charge in [-0.1, -0.05) is 6.07 Å². The quantitative estimate of drug-likeness (QED) is 0.700. The van der Waals surface area contributed by atoms with Gasteiger partial charge in [-0.15, -0.1) is 0 Å². The lowest BCUT2D eigenvalue weighted by atomic mass is 10.1. The SMILES string of the molecule is COc1cc(CNC(=O)c2ccc(C)c(NC(=O)c3ccco3)c2)ccn1. The molecule has 0 spiro atoms. The normalized spacial score (nSPS) is 10.3. The molecule has 7 heteroatoms. The molecule has 0 aliphatic carbocycles. The van der Waals surface area contributed by atoms with Crippen LogP contribution in [-0.4, -0.2) is 23.9 Å². The molecule has 2 N–H and O–H groups in total. The van der Waals surface area contributed by atoms with Crippen molar-refractivity contribution in [2.45, 2.75) is 13.5 Å². The highest BCUT2D eigenvalue weighted by Crippen LogP contribution is 2.18. The number of hydrogen-bond donors (Lipinski definition) is 2. The van der Waals surface area contributed by atoms with Crippen molar-refractivity contribution in [2.24, 2.45) is 0 Å². The van der Waals surface area contributed by atoms with Crippen molar-refractivity contribution >= 4 is 17.5 Å². The maximum atomic E-state index is 12.5. The third-order valence-electron chi connectivity index (χ3n) is 3.95. The summed E-state index contributed by atoms with van der Waals surface area (Å²) in [5.74, 6) is 0.0692. The number of carbonyl (C=O) groups is 2. The van der Waals surface area contributed by atoms with Gasteiger partial charge in [-0.05, 0) is 48.4 Å². The van der Waals surface area contributed by atoms with E-state index in [2.05, 4.69) is 15.6 Å². The molecule has 0 bridgehead atoms. The van der Waals surface area contributed by atoms with Crippen molar-refractivity contribution in [3.05, 3.63) is 77.4 Å². The molecule has 7 nitrogen and oxygen atoms in total. The molecule has 0 radical (unpaired) electrons. The summed E-state index contributed by atoms with van der Waals surface area (Å²) in [5, 5.41) is 5.60. The number of pyridine rings is 1. The average Bonchev–Trinajstić information content (AvgIpc) is 3.23. The minimum atomic E-state index is -0.371. The van der Waals surface area contributed by atoms with Crippen LogP contribution < -0.4 is 15.4 Å². The Morgan fingerprint density at radius 3 is 2.74 bits per heavy atom. The number of furan rings is 1. The van der Waals surface area contributed by atoms with Gasteiger partial charge >= 0.3 is 0 Å². The van der Waals surface area contributed by atoms with E-state index in [1.165, 1.54) is 13.4 Å². The predicted molar refractivity (Wildman–Crippen MR) is 99.8 cm³/mol. The summed E-state index contributed by atoms with van der Waals surface area (Å²) in [7, 11) is 1.54. The molecule has 27 heavy (non-hydrogen) atoms. The first kappa shape index (κ1) is 18.2. The first-order valence-corrected chi connectivity index (χ1v) is 8.29. The van der Waals surface area contributed by atoms with Crippen molar-refractivity contribution in [3.63, 3.8) is 0 Å². The highest BCUT2D eigenvalue weighted by Gasteiger charge is 2.13. The van der Waals surface area contributed by atoms with Crippen LogP contribution in [0.2, 0.25) is 0 Å². The zero-order valence-corrected chi connectivity index (χ0v) is 15.0. The lowest BCUT2D eigenvalue weighted by molar-refractivity contribution is 0.0949. The van der Waals surface area contributed by atoms with Gasteiger partial charge in [0.2, 0.25) is 5.88 Å². The highest BCUT2D eigenvalue weighted by atomic mass is 16.5. The number of hydrogen-bond acceptors (Lipinski definition) is 5. The summed E-state index contributed by atoms with van der Waals surface area (Å²) in [6.45, 7) is 2.18. The fourth-order valence-electron chi connectivity index (χ4n) is 2.45. The first-order chi connectivity index (χ1) is 13.1. The largest absolute Gasteiger partial charge is 0.481 e. The van der Waals surface area contributed by atoms with Crippen molar-refractivity contribution in [3.8, 4) is 5.88 Å². The zero-order chi connectivity index (χ0) is 19.2. The number of aryl methyl sites for hydroxylation is 1. The lowest BCUT2D eigenvalue weighted by Gasteiger charge is -2.11. The molecule has 0 aliphatic heterocycles. The molecular weight excluding hydrogens is 346 g/mol. The fourth-order valence-corrected chi connectivity index (χ4v) is 2.45. The smallest absolute Gasteiger partial charge is 0.291 e. The van der Waals surface area contributed by atoms with Crippen LogP contribution in [0.5, 0.6) is 5.88 Å². The zero-order valence-electron chi connectivity index (χ0n) is 15.0. The number of nitrogens with one attached hydrogen (secondary N) is 2. The fraction of sp³-hybridized carbons (Fsp3) is 0.150. The number of ether oxygens (including phenoxy) is 1. The van der Waals surface area contributed by atoms with Gasteiger partial charge in [0.25, 0.3) is 11.8 Å². The van der Waals surface area contributed by atoms with E-state index in [0.717, 1.165) is 11.1 Å². The van der Waals surface area contributed by atoms with Gasteiger partial charge in [0, 0.05) is 30.1 Å². The molecular formula is C20H19N3O4. The van der Waals surface area contributed by atoms with E-state index in [1.54, 1.807) is 48.7 Å². The van der Waals surface area contributed by atoms with Crippen molar-refractivity contribution in [2.75, 3.05) is 12.4 Å². The van der Waals surface area contributed by atoms with E-state index in [4.69, 9.17) is 9.15 Å². The van der Waals surface area contributed by atoms with Gasteiger partial charge in [-0.3, -0.25) is 9.59 Å². The Hall–Kier alpha value is -3.61. The Bertz CT molecular complexity index is 952. The maximum absolute atomic E-state index is 12.5. The number of carbonyl (C=O) groups excluding carboxylic acids is 2. The molecule has 0 saturated heterocycles. The highest BCUT2D eigenvalue weighted by molar-refractivity contribution is 6.03. The van der Waals surface area contributed by atoms with Gasteiger partial charge in [-0.25, -0.2) is 4.98 Å². The topological polar surface area (TPSA) is 93.5 Å². The van der Waals surface area contributed by atoms with Crippen molar-refractivity contribution in [1.82, 2.24) is 10.3 Å². The monoisotopic (exact) mass is 365 g/mol. The lowest BCUT2D eigenvalue weighted by Crippen LogP contribution is -2.23. The summed E-state index contributed by atoms with van der Waals surface area (Å²) in [4.78, 5) is 28.6. The molecule has 0 saturated carbocycles. The summed E-state index contributed by atoms with van der Waals surface area (Å²) in [6, 6.07) is 11.9. The van der Waals surface area contributed by atoms with Crippen LogP contribution in [0.3, 0.4) is 0 Å². The summed E-state index contributed by atoms with van der Waals surface area (Å²) >= 11 is 0. The van der Waals surface area contributed by atoms with Crippen molar-refractivity contribution < 1.29 is 18.7 Å². The average molecular weight is 365 g/mol. The molecule has 3 aromatic rings. The van der Waals surface area contributed by atoms with Gasteiger partial charge < -0.3 is 19.8 Å². The number of amides is 2. The summed E-state index contributed by atoms with van der Waals surface area (Å²) in [5.41, 5.74) is 2.70. The van der Waals surface area contributed by atoms with Gasteiger partial charge in [0.15, 0.2) is 5.76 Å². The summed E-state index contributed by atoms with van der Waals surface area (Å²) < 4.78 is 10.2. The molecule has 0 atom stereocenters. The molecule has 2 aromatic heterocycles. The van der Waals surface area contributed by atoms with E-state index in [9.17, 15) is 9.59 Å². The second kappa shape index (κ2) is 8.18. The number of nitrogens with zero attached hydrogens (tertiary/aromatic N) is 1. The van der Waals surface area contributed by atoms with Crippen LogP contribution in [0.15, 0.2) is 59.3 Å². The van der Waals surface area contributed by atoms with E-state index in [-0.39, 0.29) is 17.6 Å². The van der Waals surface area contributed by atoms with Gasteiger partial charge in [0.05, 0.1) is 13.4 Å². The van der Waals surface area contributed by atoms with E-state index in [0.29, 0.717) is 23.7 Å². The van der Waals surface area contributed by atoms with Crippen LogP contribution in [0.1, 0.15) is 32.0 Å². The molecule has 2 amide bonds. The summed E-state index contributed by atoms with van der Waals surface area (Å²) in [6.07, 6.45) is 3.05. The third kappa shape index (κ3) is 4.52. The molecule has 3 rings (SSSR count). The number of methoxy groups -OCH3 is 1. The van der Waals surface area contributed by atoms with Gasteiger partial charge in [0.1, 0.15) is 0 Å². The predicted octanol–water partition coefficient (Wildman–Crippen LogP) is 3.17. The molecule has 1 aromatic carbocycles. The number of benzene rings is 1. The minimum Gasteiger partial charge on any atom is -0.481 e. The first-order valence-electron chi connectivity index (χ1n) is 8.29. The Kier molecular flexibility index (Phi) is 5.51. The molecule has 0 fully saturated rings. The minimum absolute atomic E-state index is 0.205. The van der Waals surface area contributed by atoms with Crippen LogP contribution in [0.25, 0.3) is 0 Å². The van der Waals surface area contributed by atoms with Crippen LogP contribution in [0, 0.1) is 6.92 Å². The number of anilines is 1. The van der Waals surface area contributed by atoms with Crippen LogP contribution in [0.4, 0.5) is 5.69 Å². The Balaban J connectivity index is 1.68. The van der Waals surface area contributed by atoms with Crippen molar-refractivity contribution in [1.29, 1.82) is 0 Å². The second-order valence-electron chi connectivity index (χ2n) is 5.85. The molecule has 0 aliphatic rings. The van der Waals surface area contributed by atoms with E-state index < -0.39 is 0 Å². The second-order valence-corrected chi connectivity index (χ2v) is 5.85. The van der Waals surface area contributed by atoms with E-state index >= 15 is 0 Å². The maximum Gasteiger partial charge on any atom is 0.291 e. The van der Waals surface area contributed by atoms with Crippen LogP contribution in [-0.2, 0) is 6.54 Å². The van der Waals surface area contributed by atoms with Gasteiger partial charge in [-0.2, -0.15) is 0 Å². The third-order valence-corrected chi connectivity index (χ3v) is 3.95. The Morgan fingerprint density at radius 1 is 1.15 bits per heavy atom.